The first-order valence-corrected chi connectivity index (χ1v) is 6.46. The van der Waals surface area contributed by atoms with Gasteiger partial charge in [0, 0.05) is 31.0 Å². The van der Waals surface area contributed by atoms with E-state index in [9.17, 15) is 4.79 Å². The van der Waals surface area contributed by atoms with Gasteiger partial charge in [-0.3, -0.25) is 4.79 Å². The SMILES string of the molecule is Cc1cc(C(=O)N2CCCCC2C)c(C)n1C. The summed E-state index contributed by atoms with van der Waals surface area (Å²) in [5, 5.41) is 0. The molecule has 3 heteroatoms. The van der Waals surface area contributed by atoms with E-state index in [4.69, 9.17) is 0 Å². The molecule has 0 N–H and O–H groups in total. The van der Waals surface area contributed by atoms with E-state index in [1.807, 2.05) is 31.9 Å². The quantitative estimate of drug-likeness (QED) is 0.733. The molecule has 0 aromatic carbocycles. The summed E-state index contributed by atoms with van der Waals surface area (Å²) >= 11 is 0. The Morgan fingerprint density at radius 2 is 2.06 bits per heavy atom. The van der Waals surface area contributed by atoms with Gasteiger partial charge in [0.1, 0.15) is 0 Å². The predicted octanol–water partition coefficient (Wildman–Crippen LogP) is 2.66. The van der Waals surface area contributed by atoms with Crippen LogP contribution in [0.2, 0.25) is 0 Å². The van der Waals surface area contributed by atoms with Gasteiger partial charge in [-0.15, -0.1) is 0 Å². The van der Waals surface area contributed by atoms with E-state index in [0.29, 0.717) is 6.04 Å². The van der Waals surface area contributed by atoms with Crippen molar-refractivity contribution in [3.8, 4) is 0 Å². The summed E-state index contributed by atoms with van der Waals surface area (Å²) in [7, 11) is 2.01. The van der Waals surface area contributed by atoms with E-state index in [-0.39, 0.29) is 5.91 Å². The van der Waals surface area contributed by atoms with Crippen molar-refractivity contribution in [3.05, 3.63) is 23.0 Å². The molecular weight excluding hydrogens is 212 g/mol. The number of amides is 1. The standard InChI is InChI=1S/C14H22N2O/c1-10-7-5-6-8-16(10)14(17)13-9-11(2)15(4)12(13)3/h9-10H,5-8H2,1-4H3. The molecule has 1 aliphatic rings. The molecule has 1 saturated heterocycles. The van der Waals surface area contributed by atoms with Gasteiger partial charge >= 0.3 is 0 Å². The van der Waals surface area contributed by atoms with Gasteiger partial charge in [-0.1, -0.05) is 0 Å². The van der Waals surface area contributed by atoms with Gasteiger partial charge < -0.3 is 9.47 Å². The number of likely N-dealkylation sites (tertiary alicyclic amines) is 1. The number of piperidine rings is 1. The molecule has 1 aromatic rings. The molecule has 1 atom stereocenters. The molecule has 0 bridgehead atoms. The number of hydrogen-bond donors (Lipinski definition) is 0. The van der Waals surface area contributed by atoms with Crippen molar-refractivity contribution in [2.75, 3.05) is 6.54 Å². The van der Waals surface area contributed by atoms with Crippen LogP contribution in [-0.4, -0.2) is 28.0 Å². The molecular formula is C14H22N2O. The van der Waals surface area contributed by atoms with Crippen LogP contribution >= 0.6 is 0 Å². The van der Waals surface area contributed by atoms with Gasteiger partial charge in [-0.2, -0.15) is 0 Å². The molecule has 0 radical (unpaired) electrons. The Hall–Kier alpha value is -1.25. The van der Waals surface area contributed by atoms with E-state index in [0.717, 1.165) is 36.3 Å². The zero-order chi connectivity index (χ0) is 12.6. The van der Waals surface area contributed by atoms with Gasteiger partial charge in [0.05, 0.1) is 5.56 Å². The lowest BCUT2D eigenvalue weighted by Crippen LogP contribution is -2.42. The van der Waals surface area contributed by atoms with E-state index in [2.05, 4.69) is 11.5 Å². The fourth-order valence-electron chi connectivity index (χ4n) is 2.63. The van der Waals surface area contributed by atoms with Gasteiger partial charge in [0.15, 0.2) is 0 Å². The average Bonchev–Trinajstić information content (AvgIpc) is 2.57. The van der Waals surface area contributed by atoms with Gasteiger partial charge in [0.25, 0.3) is 5.91 Å². The summed E-state index contributed by atoms with van der Waals surface area (Å²) in [5.41, 5.74) is 3.10. The van der Waals surface area contributed by atoms with Crippen molar-refractivity contribution in [1.29, 1.82) is 0 Å². The van der Waals surface area contributed by atoms with Gasteiger partial charge in [-0.25, -0.2) is 0 Å². The first-order chi connectivity index (χ1) is 8.02. The third-order valence-corrected chi connectivity index (χ3v) is 4.07. The Kier molecular flexibility index (Phi) is 3.27. The van der Waals surface area contributed by atoms with Crippen molar-refractivity contribution in [2.45, 2.75) is 46.1 Å². The molecule has 94 valence electrons. The second-order valence-corrected chi connectivity index (χ2v) is 5.19. The Morgan fingerprint density at radius 1 is 1.35 bits per heavy atom. The van der Waals surface area contributed by atoms with Crippen LogP contribution in [0.3, 0.4) is 0 Å². The minimum atomic E-state index is 0.207. The molecule has 17 heavy (non-hydrogen) atoms. The molecule has 1 aliphatic heterocycles. The fourth-order valence-corrected chi connectivity index (χ4v) is 2.63. The normalized spacial score (nSPS) is 20.7. The summed E-state index contributed by atoms with van der Waals surface area (Å²) in [6.07, 6.45) is 3.52. The first kappa shape index (κ1) is 12.2. The van der Waals surface area contributed by atoms with Crippen LogP contribution in [0.25, 0.3) is 0 Å². The second kappa shape index (κ2) is 4.55. The predicted molar refractivity (Wildman–Crippen MR) is 69.2 cm³/mol. The molecule has 1 fully saturated rings. The molecule has 1 aromatic heterocycles. The lowest BCUT2D eigenvalue weighted by Gasteiger charge is -2.33. The Labute approximate surface area is 103 Å². The molecule has 2 rings (SSSR count). The van der Waals surface area contributed by atoms with Crippen molar-refractivity contribution >= 4 is 5.91 Å². The summed E-state index contributed by atoms with van der Waals surface area (Å²) in [4.78, 5) is 14.5. The van der Waals surface area contributed by atoms with Crippen LogP contribution in [0.1, 0.15) is 47.9 Å². The Balaban J connectivity index is 2.27. The van der Waals surface area contributed by atoms with E-state index >= 15 is 0 Å². The summed E-state index contributed by atoms with van der Waals surface area (Å²) in [6.45, 7) is 7.13. The minimum absolute atomic E-state index is 0.207. The van der Waals surface area contributed by atoms with Crippen molar-refractivity contribution < 1.29 is 4.79 Å². The number of aryl methyl sites for hydroxylation is 1. The molecule has 2 heterocycles. The van der Waals surface area contributed by atoms with E-state index in [1.54, 1.807) is 0 Å². The largest absolute Gasteiger partial charge is 0.351 e. The van der Waals surface area contributed by atoms with Crippen LogP contribution in [0.4, 0.5) is 0 Å². The molecule has 3 nitrogen and oxygen atoms in total. The fraction of sp³-hybridized carbons (Fsp3) is 0.643. The number of nitrogens with zero attached hydrogens (tertiary/aromatic N) is 2. The zero-order valence-corrected chi connectivity index (χ0v) is 11.3. The molecule has 0 aliphatic carbocycles. The highest BCUT2D eigenvalue weighted by Gasteiger charge is 2.26. The van der Waals surface area contributed by atoms with Crippen LogP contribution in [-0.2, 0) is 7.05 Å². The molecule has 0 saturated carbocycles. The highest BCUT2D eigenvalue weighted by Crippen LogP contribution is 2.22. The van der Waals surface area contributed by atoms with Crippen LogP contribution in [0, 0.1) is 13.8 Å². The maximum atomic E-state index is 12.5. The van der Waals surface area contributed by atoms with Crippen molar-refractivity contribution in [2.24, 2.45) is 7.05 Å². The van der Waals surface area contributed by atoms with Crippen LogP contribution in [0.15, 0.2) is 6.07 Å². The summed E-state index contributed by atoms with van der Waals surface area (Å²) in [6, 6.07) is 2.40. The second-order valence-electron chi connectivity index (χ2n) is 5.19. The highest BCUT2D eigenvalue weighted by atomic mass is 16.2. The van der Waals surface area contributed by atoms with Gasteiger partial charge in [0.2, 0.25) is 0 Å². The average molecular weight is 234 g/mol. The smallest absolute Gasteiger partial charge is 0.255 e. The van der Waals surface area contributed by atoms with Crippen LogP contribution < -0.4 is 0 Å². The number of rotatable bonds is 1. The number of carbonyl (C=O) groups excluding carboxylic acids is 1. The monoisotopic (exact) mass is 234 g/mol. The minimum Gasteiger partial charge on any atom is -0.351 e. The molecule has 1 amide bonds. The van der Waals surface area contributed by atoms with E-state index in [1.165, 1.54) is 6.42 Å². The van der Waals surface area contributed by atoms with Crippen molar-refractivity contribution in [1.82, 2.24) is 9.47 Å². The van der Waals surface area contributed by atoms with Gasteiger partial charge in [-0.05, 0) is 46.1 Å². The third kappa shape index (κ3) is 2.11. The first-order valence-electron chi connectivity index (χ1n) is 6.46. The maximum absolute atomic E-state index is 12.5. The van der Waals surface area contributed by atoms with E-state index < -0.39 is 0 Å². The summed E-state index contributed by atoms with van der Waals surface area (Å²) in [5.74, 6) is 0.207. The topological polar surface area (TPSA) is 25.2 Å². The number of aromatic nitrogens is 1. The molecule has 1 unspecified atom stereocenters. The summed E-state index contributed by atoms with van der Waals surface area (Å²) < 4.78 is 2.09. The Morgan fingerprint density at radius 3 is 2.59 bits per heavy atom. The lowest BCUT2D eigenvalue weighted by atomic mass is 10.0. The van der Waals surface area contributed by atoms with Crippen molar-refractivity contribution in [3.63, 3.8) is 0 Å². The maximum Gasteiger partial charge on any atom is 0.255 e. The Bertz CT molecular complexity index is 434. The van der Waals surface area contributed by atoms with Crippen LogP contribution in [0.5, 0.6) is 0 Å². The highest BCUT2D eigenvalue weighted by molar-refractivity contribution is 5.96. The third-order valence-electron chi connectivity index (χ3n) is 4.07. The number of hydrogen-bond acceptors (Lipinski definition) is 1. The number of carbonyl (C=O) groups is 1. The zero-order valence-electron chi connectivity index (χ0n) is 11.3. The molecule has 0 spiro atoms. The lowest BCUT2D eigenvalue weighted by molar-refractivity contribution is 0.0635.